The summed E-state index contributed by atoms with van der Waals surface area (Å²) in [7, 11) is -4.79. The average molecular weight is 562 g/mol. The molecule has 0 bridgehead atoms. The van der Waals surface area contributed by atoms with E-state index in [2.05, 4.69) is 9.52 Å². The van der Waals surface area contributed by atoms with Gasteiger partial charge in [-0.1, -0.05) is 89.9 Å². The van der Waals surface area contributed by atoms with Crippen molar-refractivity contribution in [1.82, 2.24) is 4.90 Å². The normalized spacial score (nSPS) is 33.0. The van der Waals surface area contributed by atoms with Crippen molar-refractivity contribution < 1.29 is 38.9 Å². The Morgan fingerprint density at radius 1 is 0.895 bits per heavy atom. The van der Waals surface area contributed by atoms with E-state index in [9.17, 15) is 19.9 Å². The zero-order valence-electron chi connectivity index (χ0n) is 22.4. The van der Waals surface area contributed by atoms with Crippen LogP contribution in [0.15, 0.2) is 17.3 Å². The number of hydrogen-bond acceptors (Lipinski definition) is 9. The van der Waals surface area contributed by atoms with Gasteiger partial charge in [0.15, 0.2) is 12.5 Å². The Bertz CT molecular complexity index is 804. The van der Waals surface area contributed by atoms with E-state index in [4.69, 9.17) is 20.3 Å². The van der Waals surface area contributed by atoms with Gasteiger partial charge in [0.2, 0.25) is 0 Å². The van der Waals surface area contributed by atoms with E-state index in [1.807, 2.05) is 0 Å². The number of phosphoric acid groups is 1. The highest BCUT2D eigenvalue weighted by Crippen LogP contribution is 2.42. The molecule has 0 radical (unpaired) electrons. The van der Waals surface area contributed by atoms with Crippen molar-refractivity contribution in [3.05, 3.63) is 12.3 Å². The molecule has 12 heteroatoms. The van der Waals surface area contributed by atoms with Gasteiger partial charge in [0.25, 0.3) is 0 Å². The summed E-state index contributed by atoms with van der Waals surface area (Å²) in [5.74, 6) is 0.150. The first-order valence-electron chi connectivity index (χ1n) is 14.3. The largest absolute Gasteiger partial charge is 0.469 e. The van der Waals surface area contributed by atoms with Gasteiger partial charge in [0.05, 0.1) is 12.1 Å². The number of rotatable bonds is 4. The first-order chi connectivity index (χ1) is 18.1. The lowest BCUT2D eigenvalue weighted by Crippen LogP contribution is -2.59. The molecule has 0 amide bonds. The number of phosphoric ester groups is 1. The van der Waals surface area contributed by atoms with E-state index < -0.39 is 50.7 Å². The summed E-state index contributed by atoms with van der Waals surface area (Å²) in [5.41, 5.74) is 5.10. The zero-order chi connectivity index (χ0) is 27.6. The molecule has 2 aliphatic heterocycles. The Morgan fingerprint density at radius 3 is 1.84 bits per heavy atom. The highest BCUT2D eigenvalue weighted by atomic mass is 31.2. The fourth-order valence-electron chi connectivity index (χ4n) is 5.97. The molecule has 1 saturated carbocycles. The first-order valence-corrected chi connectivity index (χ1v) is 15.9. The highest BCUT2D eigenvalue weighted by Gasteiger charge is 2.53. The maximum atomic E-state index is 11.4. The van der Waals surface area contributed by atoms with E-state index in [1.54, 1.807) is 17.2 Å². The molecule has 1 aliphatic carbocycles. The number of ether oxygens (including phenoxy) is 1. The molecule has 1 spiro atoms. The number of nitrogens with two attached hydrogens (primary N) is 1. The van der Waals surface area contributed by atoms with Gasteiger partial charge in [-0.3, -0.25) is 4.52 Å². The maximum absolute atomic E-state index is 11.4. The van der Waals surface area contributed by atoms with Crippen LogP contribution in [0.5, 0.6) is 0 Å². The molecule has 1 saturated heterocycles. The minimum atomic E-state index is -4.79. The number of amidine groups is 1. The van der Waals surface area contributed by atoms with E-state index in [-0.39, 0.29) is 5.84 Å². The molecule has 38 heavy (non-hydrogen) atoms. The molecule has 5 atom stereocenters. The topological polar surface area (TPSA) is 178 Å². The maximum Gasteiger partial charge on any atom is 0.469 e. The van der Waals surface area contributed by atoms with Gasteiger partial charge in [-0.25, -0.2) is 9.56 Å². The van der Waals surface area contributed by atoms with Crippen molar-refractivity contribution in [2.75, 3.05) is 6.61 Å². The minimum Gasteiger partial charge on any atom is -0.387 e. The fraction of sp³-hybridized carbons (Fsp3) is 0.885. The predicted octanol–water partition coefficient (Wildman–Crippen LogP) is 3.04. The minimum absolute atomic E-state index is 0.150. The molecular formula is C26H48N3O8P. The molecule has 0 aromatic rings. The first kappa shape index (κ1) is 31.5. The molecule has 3 rings (SSSR count). The summed E-state index contributed by atoms with van der Waals surface area (Å²) in [6, 6.07) is 0. The van der Waals surface area contributed by atoms with Gasteiger partial charge in [-0.2, -0.15) is 0 Å². The van der Waals surface area contributed by atoms with Crippen molar-refractivity contribution in [1.29, 1.82) is 0 Å². The molecule has 220 valence electrons. The van der Waals surface area contributed by atoms with Gasteiger partial charge < -0.3 is 40.5 Å². The van der Waals surface area contributed by atoms with Crippen molar-refractivity contribution in [2.45, 2.75) is 139 Å². The lowest BCUT2D eigenvalue weighted by molar-refractivity contribution is -0.144. The summed E-state index contributed by atoms with van der Waals surface area (Å²) in [6.45, 7) is -0.593. The monoisotopic (exact) mass is 561 g/mol. The zero-order valence-corrected chi connectivity index (χ0v) is 23.3. The van der Waals surface area contributed by atoms with Crippen molar-refractivity contribution in [2.24, 2.45) is 10.7 Å². The molecule has 3 aliphatic rings. The number of nitrogens with zero attached hydrogens (tertiary/aromatic N) is 2. The third kappa shape index (κ3) is 8.99. The Kier molecular flexibility index (Phi) is 12.5. The second-order valence-electron chi connectivity index (χ2n) is 11.0. The number of aliphatic hydroxyl groups is 3. The van der Waals surface area contributed by atoms with Crippen LogP contribution in [0.3, 0.4) is 0 Å². The van der Waals surface area contributed by atoms with Crippen molar-refractivity contribution in [3.63, 3.8) is 0 Å². The summed E-state index contributed by atoms with van der Waals surface area (Å²) in [4.78, 5) is 24.3. The van der Waals surface area contributed by atoms with E-state index in [1.165, 1.54) is 51.4 Å². The second-order valence-corrected chi connectivity index (χ2v) is 12.3. The number of aliphatic imine (C=N–C) groups is 1. The van der Waals surface area contributed by atoms with Gasteiger partial charge in [-0.05, 0) is 18.9 Å². The van der Waals surface area contributed by atoms with Crippen LogP contribution in [-0.2, 0) is 13.8 Å². The number of hydrogen-bond donors (Lipinski definition) is 6. The van der Waals surface area contributed by atoms with Crippen molar-refractivity contribution in [3.8, 4) is 0 Å². The van der Waals surface area contributed by atoms with Crippen LogP contribution in [-0.4, -0.2) is 78.8 Å². The Labute approximate surface area is 226 Å². The molecule has 0 aromatic carbocycles. The SMILES string of the molecule is NC1=NC(O)C2(CCCCCCCCCCCCCCCC2)N(C2OC(COP(=O)(O)O)C(O)C2O)C=C1. The summed E-state index contributed by atoms with van der Waals surface area (Å²) in [5, 5.41) is 33.1. The van der Waals surface area contributed by atoms with Crippen LogP contribution < -0.4 is 5.73 Å². The van der Waals surface area contributed by atoms with Gasteiger partial charge in [0, 0.05) is 6.20 Å². The van der Waals surface area contributed by atoms with Crippen LogP contribution in [0, 0.1) is 0 Å². The summed E-state index contributed by atoms with van der Waals surface area (Å²) in [6.07, 6.45) is 14.0. The summed E-state index contributed by atoms with van der Waals surface area (Å²) >= 11 is 0. The van der Waals surface area contributed by atoms with Crippen LogP contribution in [0.2, 0.25) is 0 Å². The predicted molar refractivity (Wildman–Crippen MR) is 144 cm³/mol. The lowest BCUT2D eigenvalue weighted by Gasteiger charge is -2.48. The highest BCUT2D eigenvalue weighted by molar-refractivity contribution is 7.46. The van der Waals surface area contributed by atoms with Gasteiger partial charge in [0.1, 0.15) is 24.1 Å². The average Bonchev–Trinajstić information content (AvgIpc) is 3.07. The quantitative estimate of drug-likeness (QED) is 0.280. The molecule has 2 fully saturated rings. The third-order valence-corrected chi connectivity index (χ3v) is 8.65. The van der Waals surface area contributed by atoms with Gasteiger partial charge >= 0.3 is 7.82 Å². The Balaban J connectivity index is 1.83. The summed E-state index contributed by atoms with van der Waals surface area (Å²) < 4.78 is 21.7. The molecule has 7 N–H and O–H groups in total. The van der Waals surface area contributed by atoms with E-state index in [0.717, 1.165) is 38.5 Å². The van der Waals surface area contributed by atoms with Crippen molar-refractivity contribution >= 4 is 13.7 Å². The van der Waals surface area contributed by atoms with Crippen LogP contribution >= 0.6 is 7.82 Å². The number of aliphatic hydroxyl groups excluding tert-OH is 3. The molecule has 0 aromatic heterocycles. The Morgan fingerprint density at radius 2 is 1.37 bits per heavy atom. The smallest absolute Gasteiger partial charge is 0.387 e. The van der Waals surface area contributed by atoms with Crippen LogP contribution in [0.25, 0.3) is 0 Å². The van der Waals surface area contributed by atoms with Gasteiger partial charge in [-0.15, -0.1) is 0 Å². The third-order valence-electron chi connectivity index (χ3n) is 8.16. The standard InChI is InChI=1S/C26H48N3O8P/c27-21-15-18-29(24-23(31)22(30)20(37-24)19-36-38(33,34)35)26(25(32)28-21)16-13-11-9-7-5-3-1-2-4-6-8-10-12-14-17-26/h15,18,20,22-25,30-32H,1-14,16-17,19H2,(H2,27,28)(H2,33,34,35). The fourth-order valence-corrected chi connectivity index (χ4v) is 6.31. The molecular weight excluding hydrogens is 513 g/mol. The van der Waals surface area contributed by atoms with Crippen LogP contribution in [0.1, 0.15) is 103 Å². The molecule has 5 unspecified atom stereocenters. The molecule has 11 nitrogen and oxygen atoms in total. The van der Waals surface area contributed by atoms with E-state index >= 15 is 0 Å². The second kappa shape index (κ2) is 15.1. The Hall–Kier alpha value is -1.04. The molecule has 2 heterocycles. The lowest BCUT2D eigenvalue weighted by atomic mass is 9.82. The van der Waals surface area contributed by atoms with E-state index in [0.29, 0.717) is 12.8 Å². The van der Waals surface area contributed by atoms with Crippen LogP contribution in [0.4, 0.5) is 0 Å².